The Kier molecular flexibility index (Phi) is 5.22. The van der Waals surface area contributed by atoms with Gasteiger partial charge < -0.3 is 9.47 Å². The first kappa shape index (κ1) is 21.0. The largest absolute Gasteiger partial charge is 0.497 e. The van der Waals surface area contributed by atoms with Gasteiger partial charge in [-0.1, -0.05) is 30.3 Å². The van der Waals surface area contributed by atoms with Crippen LogP contribution in [0.25, 0.3) is 0 Å². The number of methoxy groups -OCH3 is 2. The van der Waals surface area contributed by atoms with Crippen LogP contribution in [0.5, 0.6) is 11.5 Å². The highest BCUT2D eigenvalue weighted by Crippen LogP contribution is 2.48. The maximum atomic E-state index is 13.7. The molecule has 168 valence electrons. The molecule has 0 saturated carbocycles. The third-order valence-electron chi connectivity index (χ3n) is 5.97. The molecule has 2 amide bonds. The molecule has 33 heavy (non-hydrogen) atoms. The Morgan fingerprint density at radius 1 is 0.879 bits per heavy atom. The Bertz CT molecular complexity index is 1200. The minimum atomic E-state index is -1.03. The quantitative estimate of drug-likeness (QED) is 0.552. The minimum absolute atomic E-state index is 0.315. The van der Waals surface area contributed by atoms with Crippen LogP contribution in [0.15, 0.2) is 72.8 Å². The number of ether oxygens (including phenoxy) is 2. The molecule has 3 aromatic carbocycles. The van der Waals surface area contributed by atoms with Crippen LogP contribution in [0.1, 0.15) is 11.6 Å². The van der Waals surface area contributed by atoms with Gasteiger partial charge in [0.05, 0.1) is 31.6 Å². The van der Waals surface area contributed by atoms with Crippen molar-refractivity contribution in [2.45, 2.75) is 12.1 Å². The van der Waals surface area contributed by atoms with E-state index in [1.807, 2.05) is 30.3 Å². The Balaban J connectivity index is 1.58. The molecule has 0 aromatic heterocycles. The molecular formula is C25H21FN2O5. The Labute approximate surface area is 189 Å². The number of halogens is 1. The van der Waals surface area contributed by atoms with Crippen LogP contribution in [-0.2, 0) is 14.4 Å². The van der Waals surface area contributed by atoms with Crippen molar-refractivity contribution in [2.75, 3.05) is 24.2 Å². The average molecular weight is 448 g/mol. The molecule has 0 N–H and O–H groups in total. The van der Waals surface area contributed by atoms with E-state index in [0.29, 0.717) is 28.4 Å². The predicted octanol–water partition coefficient (Wildman–Crippen LogP) is 3.89. The summed E-state index contributed by atoms with van der Waals surface area (Å²) in [5.74, 6) is -1.26. The number of nitrogens with zero attached hydrogens (tertiary/aromatic N) is 2. The van der Waals surface area contributed by atoms with Gasteiger partial charge in [-0.2, -0.15) is 0 Å². The number of fused-ring (bicyclic) bond motifs is 1. The molecule has 7 nitrogen and oxygen atoms in total. The number of hydroxylamine groups is 1. The van der Waals surface area contributed by atoms with Crippen molar-refractivity contribution in [2.24, 2.45) is 5.92 Å². The molecule has 0 bridgehead atoms. The van der Waals surface area contributed by atoms with Gasteiger partial charge in [-0.15, -0.1) is 0 Å². The van der Waals surface area contributed by atoms with Gasteiger partial charge in [0.25, 0.3) is 5.91 Å². The molecule has 0 unspecified atom stereocenters. The molecule has 0 aliphatic carbocycles. The lowest BCUT2D eigenvalue weighted by molar-refractivity contribution is -0.126. The number of anilines is 2. The van der Waals surface area contributed by atoms with Gasteiger partial charge in [0.1, 0.15) is 23.2 Å². The summed E-state index contributed by atoms with van der Waals surface area (Å²) in [6, 6.07) is 19.3. The van der Waals surface area contributed by atoms with Gasteiger partial charge >= 0.3 is 0 Å². The van der Waals surface area contributed by atoms with Gasteiger partial charge in [-0.05, 0) is 42.0 Å². The van der Waals surface area contributed by atoms with E-state index in [4.69, 9.17) is 14.3 Å². The smallest absolute Gasteiger partial charge is 0.266 e. The van der Waals surface area contributed by atoms with E-state index in [0.717, 1.165) is 4.90 Å². The first-order valence-corrected chi connectivity index (χ1v) is 10.4. The molecule has 3 aromatic rings. The second-order valence-electron chi connectivity index (χ2n) is 7.76. The van der Waals surface area contributed by atoms with Crippen LogP contribution in [0.4, 0.5) is 15.8 Å². The molecule has 0 spiro atoms. The molecule has 0 radical (unpaired) electrons. The number of rotatable bonds is 5. The Morgan fingerprint density at radius 2 is 1.61 bits per heavy atom. The van der Waals surface area contributed by atoms with Crippen molar-refractivity contribution in [3.05, 3.63) is 84.2 Å². The third kappa shape index (κ3) is 3.39. The number of para-hydroxylation sites is 1. The number of carbonyl (C=O) groups is 2. The van der Waals surface area contributed by atoms with Crippen molar-refractivity contribution >= 4 is 23.2 Å². The van der Waals surface area contributed by atoms with Gasteiger partial charge in [0, 0.05) is 6.07 Å². The second-order valence-corrected chi connectivity index (χ2v) is 7.76. The fraction of sp³-hybridized carbons (Fsp3) is 0.200. The summed E-state index contributed by atoms with van der Waals surface area (Å²) in [5.41, 5.74) is 1.67. The lowest BCUT2D eigenvalue weighted by Gasteiger charge is -2.29. The summed E-state index contributed by atoms with van der Waals surface area (Å²) in [4.78, 5) is 34.3. The zero-order chi connectivity index (χ0) is 23.1. The second kappa shape index (κ2) is 8.22. The zero-order valence-corrected chi connectivity index (χ0v) is 18.0. The van der Waals surface area contributed by atoms with Crippen molar-refractivity contribution in [3.8, 4) is 11.5 Å². The number of benzene rings is 3. The van der Waals surface area contributed by atoms with Gasteiger partial charge in [0.15, 0.2) is 6.10 Å². The van der Waals surface area contributed by atoms with Crippen LogP contribution in [0, 0.1) is 11.7 Å². The van der Waals surface area contributed by atoms with E-state index in [9.17, 15) is 14.0 Å². The van der Waals surface area contributed by atoms with Crippen LogP contribution in [0.3, 0.4) is 0 Å². The molecule has 2 fully saturated rings. The summed E-state index contributed by atoms with van der Waals surface area (Å²) in [6.07, 6.45) is -1.03. The van der Waals surface area contributed by atoms with Crippen LogP contribution >= 0.6 is 0 Å². The summed E-state index contributed by atoms with van der Waals surface area (Å²) in [5, 5.41) is 1.57. The van der Waals surface area contributed by atoms with E-state index in [1.165, 1.54) is 26.4 Å². The molecular weight excluding hydrogens is 427 g/mol. The number of hydrogen-bond acceptors (Lipinski definition) is 6. The standard InChI is InChI=1S/C25H21FN2O5/c1-31-18-12-13-19(20(14-18)32-2)27-24(29)21-22(15-8-10-16(26)11-9-15)28(33-23(21)25(27)30)17-6-4-3-5-7-17/h3-14,21-23H,1-2H3/t21-,22-,23+/m1/s1. The molecule has 2 aliphatic rings. The molecule has 8 heteroatoms. The van der Waals surface area contributed by atoms with E-state index < -0.39 is 29.9 Å². The Morgan fingerprint density at radius 3 is 2.27 bits per heavy atom. The van der Waals surface area contributed by atoms with E-state index in [-0.39, 0.29) is 5.82 Å². The number of imide groups is 1. The number of hydrogen-bond donors (Lipinski definition) is 0. The van der Waals surface area contributed by atoms with Crippen molar-refractivity contribution in [3.63, 3.8) is 0 Å². The van der Waals surface area contributed by atoms with Gasteiger partial charge in [0.2, 0.25) is 5.91 Å². The molecule has 3 atom stereocenters. The lowest BCUT2D eigenvalue weighted by Crippen LogP contribution is -2.37. The highest BCUT2D eigenvalue weighted by atomic mass is 19.1. The normalized spacial score (nSPS) is 22.0. The maximum Gasteiger partial charge on any atom is 0.266 e. The van der Waals surface area contributed by atoms with E-state index in [2.05, 4.69) is 0 Å². The Hall–Kier alpha value is -3.91. The fourth-order valence-corrected chi connectivity index (χ4v) is 4.42. The maximum absolute atomic E-state index is 13.7. The topological polar surface area (TPSA) is 68.3 Å². The van der Waals surface area contributed by atoms with E-state index in [1.54, 1.807) is 35.4 Å². The number of carbonyl (C=O) groups excluding carboxylic acids is 2. The van der Waals surface area contributed by atoms with Crippen LogP contribution < -0.4 is 19.4 Å². The summed E-state index contributed by atoms with van der Waals surface area (Å²) >= 11 is 0. The highest BCUT2D eigenvalue weighted by molar-refractivity contribution is 6.24. The van der Waals surface area contributed by atoms with Crippen LogP contribution in [-0.4, -0.2) is 32.1 Å². The van der Waals surface area contributed by atoms with Gasteiger partial charge in [-0.25, -0.2) is 14.4 Å². The van der Waals surface area contributed by atoms with Crippen LogP contribution in [0.2, 0.25) is 0 Å². The third-order valence-corrected chi connectivity index (χ3v) is 5.97. The molecule has 5 rings (SSSR count). The van der Waals surface area contributed by atoms with Crippen molar-refractivity contribution in [1.82, 2.24) is 0 Å². The lowest BCUT2D eigenvalue weighted by atomic mass is 9.90. The summed E-state index contributed by atoms with van der Waals surface area (Å²) < 4.78 is 24.3. The predicted molar refractivity (Wildman–Crippen MR) is 118 cm³/mol. The minimum Gasteiger partial charge on any atom is -0.497 e. The summed E-state index contributed by atoms with van der Waals surface area (Å²) in [6.45, 7) is 0. The molecule has 2 saturated heterocycles. The SMILES string of the molecule is COc1ccc(N2C(=O)[C@H]3[C@H](ON(c4ccccc4)[C@@H]3c3ccc(F)cc3)C2=O)c(OC)c1. The molecule has 2 aliphatic heterocycles. The fourth-order valence-electron chi connectivity index (χ4n) is 4.42. The summed E-state index contributed by atoms with van der Waals surface area (Å²) in [7, 11) is 2.98. The monoisotopic (exact) mass is 448 g/mol. The first-order chi connectivity index (χ1) is 16.0. The first-order valence-electron chi connectivity index (χ1n) is 10.4. The highest BCUT2D eigenvalue weighted by Gasteiger charge is 2.60. The van der Waals surface area contributed by atoms with Crippen molar-refractivity contribution < 1.29 is 28.3 Å². The van der Waals surface area contributed by atoms with E-state index >= 15 is 0 Å². The zero-order valence-electron chi connectivity index (χ0n) is 18.0. The molecule has 2 heterocycles. The van der Waals surface area contributed by atoms with Gasteiger partial charge in [-0.3, -0.25) is 14.4 Å². The van der Waals surface area contributed by atoms with Crippen molar-refractivity contribution in [1.29, 1.82) is 0 Å². The number of amides is 2. The average Bonchev–Trinajstić information content (AvgIpc) is 3.35.